The molecule has 0 aliphatic carbocycles. The molecule has 2 heterocycles. The smallest absolute Gasteiger partial charge is 0.271 e. The lowest BCUT2D eigenvalue weighted by Gasteiger charge is -2.03. The third-order valence-electron chi connectivity index (χ3n) is 2.95. The third-order valence-corrected chi connectivity index (χ3v) is 3.77. The molecule has 0 aliphatic rings. The molecule has 1 amide bonds. The summed E-state index contributed by atoms with van der Waals surface area (Å²) in [6, 6.07) is 9.40. The quantitative estimate of drug-likeness (QED) is 0.751. The lowest BCUT2D eigenvalue weighted by molar-refractivity contribution is 0.0943. The van der Waals surface area contributed by atoms with Crippen LogP contribution in [0.3, 0.4) is 0 Å². The summed E-state index contributed by atoms with van der Waals surface area (Å²) in [5.41, 5.74) is 0.319. The van der Waals surface area contributed by atoms with Gasteiger partial charge in [0.1, 0.15) is 34.6 Å². The number of halogens is 1. The summed E-state index contributed by atoms with van der Waals surface area (Å²) in [4.78, 5) is 16.2. The number of aromatic nitrogens is 1. The number of hydrogen-bond acceptors (Lipinski definition) is 5. The number of nitrogens with one attached hydrogen (secondary N) is 1. The van der Waals surface area contributed by atoms with Gasteiger partial charge < -0.3 is 14.5 Å². The molecule has 7 heteroatoms. The Hall–Kier alpha value is -2.67. The zero-order chi connectivity index (χ0) is 16.1. The Labute approximate surface area is 135 Å². The molecule has 0 saturated heterocycles. The SMILES string of the molecule is O=C(NCc1ccco1)c1csc(COc2cccc(F)c2)n1. The second kappa shape index (κ2) is 7.06. The number of thiazole rings is 1. The molecule has 0 spiro atoms. The first-order valence-corrected chi connectivity index (χ1v) is 7.72. The molecule has 23 heavy (non-hydrogen) atoms. The van der Waals surface area contributed by atoms with Gasteiger partial charge in [0.15, 0.2) is 0 Å². The normalized spacial score (nSPS) is 10.5. The molecule has 0 unspecified atom stereocenters. The van der Waals surface area contributed by atoms with E-state index in [-0.39, 0.29) is 18.3 Å². The Morgan fingerprint density at radius 3 is 3.04 bits per heavy atom. The fourth-order valence-electron chi connectivity index (χ4n) is 1.85. The van der Waals surface area contributed by atoms with E-state index in [2.05, 4.69) is 10.3 Å². The van der Waals surface area contributed by atoms with Gasteiger partial charge in [-0.05, 0) is 24.3 Å². The number of rotatable bonds is 6. The van der Waals surface area contributed by atoms with Crippen molar-refractivity contribution >= 4 is 17.2 Å². The van der Waals surface area contributed by atoms with Crippen LogP contribution in [0.25, 0.3) is 0 Å². The molecular formula is C16H13FN2O3S. The molecule has 0 atom stereocenters. The largest absolute Gasteiger partial charge is 0.486 e. The summed E-state index contributed by atoms with van der Waals surface area (Å²) in [6.07, 6.45) is 1.55. The van der Waals surface area contributed by atoms with Gasteiger partial charge in [-0.15, -0.1) is 11.3 Å². The molecule has 1 aromatic carbocycles. The Kier molecular flexibility index (Phi) is 4.68. The lowest BCUT2D eigenvalue weighted by atomic mass is 10.3. The Morgan fingerprint density at radius 2 is 2.26 bits per heavy atom. The molecule has 3 rings (SSSR count). The minimum absolute atomic E-state index is 0.180. The number of nitrogens with zero attached hydrogens (tertiary/aromatic N) is 1. The van der Waals surface area contributed by atoms with Crippen molar-refractivity contribution in [3.63, 3.8) is 0 Å². The average molecular weight is 332 g/mol. The molecular weight excluding hydrogens is 319 g/mol. The monoisotopic (exact) mass is 332 g/mol. The van der Waals surface area contributed by atoms with E-state index in [1.165, 1.54) is 23.5 Å². The maximum Gasteiger partial charge on any atom is 0.271 e. The van der Waals surface area contributed by atoms with Gasteiger partial charge in [0.2, 0.25) is 0 Å². The predicted molar refractivity (Wildman–Crippen MR) is 82.7 cm³/mol. The molecule has 0 saturated carbocycles. The topological polar surface area (TPSA) is 64.4 Å². The minimum atomic E-state index is -0.361. The summed E-state index contributed by atoms with van der Waals surface area (Å²) in [7, 11) is 0. The first kappa shape index (κ1) is 15.2. The molecule has 1 N–H and O–H groups in total. The van der Waals surface area contributed by atoms with E-state index in [1.54, 1.807) is 35.9 Å². The van der Waals surface area contributed by atoms with Crippen molar-refractivity contribution in [1.29, 1.82) is 0 Å². The van der Waals surface area contributed by atoms with Gasteiger partial charge in [-0.1, -0.05) is 6.07 Å². The predicted octanol–water partition coefficient (Wildman–Crippen LogP) is 3.38. The Bertz CT molecular complexity index is 786. The highest BCUT2D eigenvalue weighted by molar-refractivity contribution is 7.09. The number of carbonyl (C=O) groups is 1. The van der Waals surface area contributed by atoms with Gasteiger partial charge in [0.05, 0.1) is 12.8 Å². The van der Waals surface area contributed by atoms with Crippen molar-refractivity contribution < 1.29 is 18.3 Å². The maximum absolute atomic E-state index is 13.1. The number of benzene rings is 1. The zero-order valence-electron chi connectivity index (χ0n) is 12.0. The fraction of sp³-hybridized carbons (Fsp3) is 0.125. The molecule has 0 bridgehead atoms. The highest BCUT2D eigenvalue weighted by atomic mass is 32.1. The number of furan rings is 1. The van der Waals surface area contributed by atoms with E-state index < -0.39 is 0 Å². The van der Waals surface area contributed by atoms with E-state index in [4.69, 9.17) is 9.15 Å². The summed E-state index contributed by atoms with van der Waals surface area (Å²) >= 11 is 1.31. The van der Waals surface area contributed by atoms with Crippen LogP contribution in [0.5, 0.6) is 5.75 Å². The Morgan fingerprint density at radius 1 is 1.35 bits per heavy atom. The van der Waals surface area contributed by atoms with Crippen LogP contribution in [-0.4, -0.2) is 10.9 Å². The summed E-state index contributed by atoms with van der Waals surface area (Å²) < 4.78 is 23.6. The molecule has 2 aromatic heterocycles. The van der Waals surface area contributed by atoms with E-state index in [1.807, 2.05) is 0 Å². The van der Waals surface area contributed by atoms with Crippen LogP contribution in [0.2, 0.25) is 0 Å². The molecule has 5 nitrogen and oxygen atoms in total. The highest BCUT2D eigenvalue weighted by Gasteiger charge is 2.11. The van der Waals surface area contributed by atoms with Crippen molar-refractivity contribution in [2.24, 2.45) is 0 Å². The average Bonchev–Trinajstić information content (AvgIpc) is 3.22. The van der Waals surface area contributed by atoms with Gasteiger partial charge in [-0.2, -0.15) is 0 Å². The van der Waals surface area contributed by atoms with Crippen molar-refractivity contribution in [2.75, 3.05) is 0 Å². The number of hydrogen-bond donors (Lipinski definition) is 1. The van der Waals surface area contributed by atoms with Crippen molar-refractivity contribution in [1.82, 2.24) is 10.3 Å². The van der Waals surface area contributed by atoms with Gasteiger partial charge in [0, 0.05) is 11.4 Å². The van der Waals surface area contributed by atoms with Gasteiger partial charge in [-0.3, -0.25) is 4.79 Å². The van der Waals surface area contributed by atoms with E-state index >= 15 is 0 Å². The van der Waals surface area contributed by atoms with Crippen LogP contribution < -0.4 is 10.1 Å². The summed E-state index contributed by atoms with van der Waals surface area (Å²) in [6.45, 7) is 0.484. The third kappa shape index (κ3) is 4.17. The number of carbonyl (C=O) groups excluding carboxylic acids is 1. The zero-order valence-corrected chi connectivity index (χ0v) is 12.8. The summed E-state index contributed by atoms with van der Waals surface area (Å²) in [5.74, 6) is 0.446. The highest BCUT2D eigenvalue weighted by Crippen LogP contribution is 2.16. The van der Waals surface area contributed by atoms with E-state index in [0.717, 1.165) is 0 Å². The molecule has 3 aromatic rings. The van der Waals surface area contributed by atoms with Crippen LogP contribution in [-0.2, 0) is 13.2 Å². The molecule has 0 radical (unpaired) electrons. The maximum atomic E-state index is 13.1. The fourth-order valence-corrected chi connectivity index (χ4v) is 2.54. The van der Waals surface area contributed by atoms with Gasteiger partial charge in [-0.25, -0.2) is 9.37 Å². The molecule has 0 fully saturated rings. The van der Waals surface area contributed by atoms with Gasteiger partial charge in [0.25, 0.3) is 5.91 Å². The van der Waals surface area contributed by atoms with Crippen LogP contribution >= 0.6 is 11.3 Å². The first-order chi connectivity index (χ1) is 11.2. The van der Waals surface area contributed by atoms with Crippen LogP contribution in [0.15, 0.2) is 52.5 Å². The molecule has 118 valence electrons. The van der Waals surface area contributed by atoms with Crippen molar-refractivity contribution in [2.45, 2.75) is 13.2 Å². The second-order valence-corrected chi connectivity index (χ2v) is 5.58. The van der Waals surface area contributed by atoms with Crippen molar-refractivity contribution in [3.05, 3.63) is 70.3 Å². The van der Waals surface area contributed by atoms with Crippen molar-refractivity contribution in [3.8, 4) is 5.75 Å². The van der Waals surface area contributed by atoms with Crippen LogP contribution in [0.4, 0.5) is 4.39 Å². The van der Waals surface area contributed by atoms with Gasteiger partial charge >= 0.3 is 0 Å². The molecule has 0 aliphatic heterocycles. The number of amides is 1. The lowest BCUT2D eigenvalue weighted by Crippen LogP contribution is -2.22. The summed E-state index contributed by atoms with van der Waals surface area (Å²) in [5, 5.41) is 5.01. The Balaban J connectivity index is 1.54. The van der Waals surface area contributed by atoms with E-state index in [0.29, 0.717) is 28.8 Å². The first-order valence-electron chi connectivity index (χ1n) is 6.84. The number of ether oxygens (including phenoxy) is 1. The standard InChI is InChI=1S/C16H13FN2O3S/c17-11-3-1-4-12(7-11)22-9-15-19-14(10-23-15)16(20)18-8-13-5-2-6-21-13/h1-7,10H,8-9H2,(H,18,20). The van der Waals surface area contributed by atoms with E-state index in [9.17, 15) is 9.18 Å². The second-order valence-electron chi connectivity index (χ2n) is 4.63. The van der Waals surface area contributed by atoms with Crippen LogP contribution in [0.1, 0.15) is 21.3 Å². The van der Waals surface area contributed by atoms with Crippen LogP contribution in [0, 0.1) is 5.82 Å². The minimum Gasteiger partial charge on any atom is -0.486 e.